The van der Waals surface area contributed by atoms with Gasteiger partial charge in [0.25, 0.3) is 0 Å². The summed E-state index contributed by atoms with van der Waals surface area (Å²) in [7, 11) is 1.62. The Balaban J connectivity index is 1.49. The summed E-state index contributed by atoms with van der Waals surface area (Å²) in [6, 6.07) is 7.41. The van der Waals surface area contributed by atoms with Gasteiger partial charge in [-0.05, 0) is 43.5 Å². The molecule has 0 bridgehead atoms. The third-order valence-corrected chi connectivity index (χ3v) is 6.35. The van der Waals surface area contributed by atoms with E-state index in [1.807, 2.05) is 24.3 Å². The van der Waals surface area contributed by atoms with E-state index < -0.39 is 0 Å². The fourth-order valence-electron chi connectivity index (χ4n) is 4.74. The van der Waals surface area contributed by atoms with Crippen LogP contribution in [0.1, 0.15) is 44.1 Å². The monoisotopic (exact) mass is 436 g/mol. The minimum atomic E-state index is -0.231. The van der Waals surface area contributed by atoms with Crippen LogP contribution in [0.2, 0.25) is 0 Å². The van der Waals surface area contributed by atoms with Crippen LogP contribution < -0.4 is 15.0 Å². The topological polar surface area (TPSA) is 92.1 Å². The first-order valence-corrected chi connectivity index (χ1v) is 11.3. The molecule has 1 fully saturated rings. The van der Waals surface area contributed by atoms with Gasteiger partial charge >= 0.3 is 6.03 Å². The van der Waals surface area contributed by atoms with Crippen LogP contribution >= 0.6 is 0 Å². The summed E-state index contributed by atoms with van der Waals surface area (Å²) in [5.74, 6) is 1.81. The maximum absolute atomic E-state index is 13.5. The first-order chi connectivity index (χ1) is 15.7. The van der Waals surface area contributed by atoms with E-state index in [0.717, 1.165) is 49.1 Å². The number of aliphatic imine (C=N–C) groups is 1. The first kappa shape index (κ1) is 20.5. The van der Waals surface area contributed by atoms with E-state index in [2.05, 4.69) is 15.4 Å². The Morgan fingerprint density at radius 3 is 2.69 bits per heavy atom. The molecule has 1 aromatic heterocycles. The number of nitrogens with zero attached hydrogens (tertiary/aromatic N) is 5. The van der Waals surface area contributed by atoms with Gasteiger partial charge in [-0.3, -0.25) is 19.6 Å². The normalized spacial score (nSPS) is 18.7. The predicted molar refractivity (Wildman–Crippen MR) is 121 cm³/mol. The lowest BCUT2D eigenvalue weighted by atomic mass is 9.95. The van der Waals surface area contributed by atoms with Gasteiger partial charge in [0.2, 0.25) is 5.91 Å². The Morgan fingerprint density at radius 1 is 1.16 bits per heavy atom. The van der Waals surface area contributed by atoms with Crippen LogP contribution in [0.3, 0.4) is 0 Å². The zero-order valence-electron chi connectivity index (χ0n) is 18.3. The molecule has 168 valence electrons. The third kappa shape index (κ3) is 3.72. The van der Waals surface area contributed by atoms with Gasteiger partial charge in [0.1, 0.15) is 18.1 Å². The van der Waals surface area contributed by atoms with Crippen molar-refractivity contribution in [3.05, 3.63) is 36.0 Å². The smallest absolute Gasteiger partial charge is 0.331 e. The van der Waals surface area contributed by atoms with Gasteiger partial charge in [0, 0.05) is 19.1 Å². The quantitative estimate of drug-likeness (QED) is 0.780. The Hall–Kier alpha value is -3.36. The van der Waals surface area contributed by atoms with Crippen molar-refractivity contribution >= 4 is 23.6 Å². The fourth-order valence-corrected chi connectivity index (χ4v) is 4.74. The molecule has 0 atom stereocenters. The Bertz CT molecular complexity index is 1040. The van der Waals surface area contributed by atoms with Gasteiger partial charge in [-0.15, -0.1) is 0 Å². The minimum absolute atomic E-state index is 0.0477. The van der Waals surface area contributed by atoms with Crippen molar-refractivity contribution in [3.8, 4) is 11.4 Å². The van der Waals surface area contributed by atoms with Gasteiger partial charge in [0.15, 0.2) is 5.82 Å². The van der Waals surface area contributed by atoms with Crippen molar-refractivity contribution in [2.45, 2.75) is 44.6 Å². The Morgan fingerprint density at radius 2 is 1.94 bits per heavy atom. The molecule has 3 heterocycles. The summed E-state index contributed by atoms with van der Waals surface area (Å²) < 4.78 is 6.96. The number of carbonyl (C=O) groups is 2. The molecule has 1 saturated carbocycles. The van der Waals surface area contributed by atoms with E-state index >= 15 is 0 Å². The van der Waals surface area contributed by atoms with Gasteiger partial charge in [0.05, 0.1) is 24.6 Å². The van der Waals surface area contributed by atoms with E-state index in [1.165, 1.54) is 11.3 Å². The molecule has 3 amide bonds. The molecule has 0 saturated heterocycles. The largest absolute Gasteiger partial charge is 0.497 e. The molecular weight excluding hydrogens is 408 g/mol. The number of ether oxygens (including phenoxy) is 1. The van der Waals surface area contributed by atoms with Gasteiger partial charge in [-0.1, -0.05) is 19.3 Å². The number of methoxy groups -OCH3 is 1. The number of carbonyl (C=O) groups excluding carboxylic acids is 2. The molecule has 2 aromatic rings. The van der Waals surface area contributed by atoms with E-state index in [0.29, 0.717) is 24.7 Å². The second-order valence-electron chi connectivity index (χ2n) is 8.47. The molecule has 32 heavy (non-hydrogen) atoms. The van der Waals surface area contributed by atoms with Gasteiger partial charge in [-0.2, -0.15) is 5.10 Å². The highest BCUT2D eigenvalue weighted by atomic mass is 16.5. The summed E-state index contributed by atoms with van der Waals surface area (Å²) >= 11 is 0. The number of hydrogen-bond donors (Lipinski definition) is 1. The highest BCUT2D eigenvalue weighted by Gasteiger charge is 2.40. The molecule has 9 nitrogen and oxygen atoms in total. The third-order valence-electron chi connectivity index (χ3n) is 6.35. The van der Waals surface area contributed by atoms with Crippen molar-refractivity contribution in [1.82, 2.24) is 20.0 Å². The van der Waals surface area contributed by atoms with Crippen molar-refractivity contribution in [2.24, 2.45) is 4.99 Å². The molecule has 1 aliphatic carbocycles. The van der Waals surface area contributed by atoms with Crippen molar-refractivity contribution in [3.63, 3.8) is 0 Å². The predicted octanol–water partition coefficient (Wildman–Crippen LogP) is 2.72. The molecule has 0 unspecified atom stereocenters. The molecule has 3 aliphatic rings. The first-order valence-electron chi connectivity index (χ1n) is 11.3. The van der Waals surface area contributed by atoms with Crippen molar-refractivity contribution < 1.29 is 14.3 Å². The number of fused-ring (bicyclic) bond motifs is 3. The zero-order valence-corrected chi connectivity index (χ0v) is 18.3. The Labute approximate surface area is 187 Å². The number of aromatic nitrogens is 2. The average Bonchev–Trinajstić information content (AvgIpc) is 3.28. The molecule has 0 spiro atoms. The van der Waals surface area contributed by atoms with Crippen LogP contribution in [0.4, 0.5) is 10.6 Å². The van der Waals surface area contributed by atoms with E-state index in [1.54, 1.807) is 22.9 Å². The molecule has 0 radical (unpaired) electrons. The summed E-state index contributed by atoms with van der Waals surface area (Å²) in [5, 5.41) is 7.69. The van der Waals surface area contributed by atoms with Crippen molar-refractivity contribution in [2.75, 3.05) is 31.6 Å². The van der Waals surface area contributed by atoms with E-state index in [4.69, 9.17) is 4.74 Å². The maximum atomic E-state index is 13.5. The molecule has 1 aromatic carbocycles. The van der Waals surface area contributed by atoms with Crippen LogP contribution in [0.5, 0.6) is 5.75 Å². The zero-order chi connectivity index (χ0) is 22.1. The number of amides is 3. The van der Waals surface area contributed by atoms with Crippen LogP contribution in [-0.4, -0.2) is 65.2 Å². The molecule has 5 rings (SSSR count). The summed E-state index contributed by atoms with van der Waals surface area (Å²) in [5.41, 5.74) is 1.55. The molecular formula is C23H28N6O3. The minimum Gasteiger partial charge on any atom is -0.497 e. The second kappa shape index (κ2) is 8.64. The number of urea groups is 1. The Kier molecular flexibility index (Phi) is 5.55. The number of nitrogens with one attached hydrogen (secondary N) is 1. The average molecular weight is 437 g/mol. The van der Waals surface area contributed by atoms with Gasteiger partial charge < -0.3 is 10.1 Å². The second-order valence-corrected chi connectivity index (χ2v) is 8.47. The highest BCUT2D eigenvalue weighted by Crippen LogP contribution is 2.33. The number of benzene rings is 1. The summed E-state index contributed by atoms with van der Waals surface area (Å²) in [4.78, 5) is 34.2. The number of rotatable bonds is 5. The van der Waals surface area contributed by atoms with E-state index in [9.17, 15) is 9.59 Å². The van der Waals surface area contributed by atoms with Crippen LogP contribution in [0, 0.1) is 0 Å². The van der Waals surface area contributed by atoms with Gasteiger partial charge in [-0.25, -0.2) is 9.48 Å². The summed E-state index contributed by atoms with van der Waals surface area (Å²) in [6.07, 6.45) is 8.02. The van der Waals surface area contributed by atoms with Crippen LogP contribution in [0.25, 0.3) is 5.69 Å². The van der Waals surface area contributed by atoms with Crippen molar-refractivity contribution in [1.29, 1.82) is 0 Å². The molecule has 9 heteroatoms. The highest BCUT2D eigenvalue weighted by molar-refractivity contribution is 6.19. The lowest BCUT2D eigenvalue weighted by molar-refractivity contribution is -0.120. The standard InChI is InChI=1S/C23H28N6O3/c1-32-18-10-8-17(9-11-18)29-22-19(14-25-29)21-24-12-5-13-27(21)23(31)28(22)15-20(30)26-16-6-3-2-4-7-16/h8-11,14,16H,2-7,12-13,15H2,1H3,(H,26,30). The summed E-state index contributed by atoms with van der Waals surface area (Å²) in [6.45, 7) is 1.22. The SMILES string of the molecule is COc1ccc(-n2ncc3c2N(CC(=O)NC2CCCCC2)C(=O)N2CCCN=C32)cc1. The molecule has 1 N–H and O–H groups in total. The lowest BCUT2D eigenvalue weighted by Crippen LogP contribution is -2.56. The fraction of sp³-hybridized carbons (Fsp3) is 0.478. The molecule has 2 aliphatic heterocycles. The van der Waals surface area contributed by atoms with Crippen LogP contribution in [-0.2, 0) is 4.79 Å². The number of hydrogen-bond acceptors (Lipinski definition) is 5. The maximum Gasteiger partial charge on any atom is 0.331 e. The van der Waals surface area contributed by atoms with Crippen LogP contribution in [0.15, 0.2) is 35.5 Å². The number of anilines is 1. The lowest BCUT2D eigenvalue weighted by Gasteiger charge is -2.38. The number of amidine groups is 1. The van der Waals surface area contributed by atoms with E-state index in [-0.39, 0.29) is 24.5 Å².